The number of hydrogen-bond donors (Lipinski definition) is 1. The Bertz CT molecular complexity index is 641. The Morgan fingerprint density at radius 3 is 2.55 bits per heavy atom. The van der Waals surface area contributed by atoms with Gasteiger partial charge in [-0.2, -0.15) is 0 Å². The predicted octanol–water partition coefficient (Wildman–Crippen LogP) is 2.25. The van der Waals surface area contributed by atoms with Crippen LogP contribution in [0.1, 0.15) is 43.0 Å². The normalized spacial score (nSPS) is 22.5. The third-order valence-corrected chi connectivity index (χ3v) is 6.11. The summed E-state index contributed by atoms with van der Waals surface area (Å²) in [6, 6.07) is 6.39. The van der Waals surface area contributed by atoms with E-state index >= 15 is 0 Å². The number of rotatable bonds is 4. The zero-order valence-corrected chi connectivity index (χ0v) is 14.2. The molecule has 1 N–H and O–H groups in total. The first-order chi connectivity index (χ1) is 10.3. The van der Waals surface area contributed by atoms with Gasteiger partial charge in [0.25, 0.3) is 5.91 Å². The maximum Gasteiger partial charge on any atom is 0.251 e. The first kappa shape index (κ1) is 17.0. The van der Waals surface area contributed by atoms with Crippen molar-refractivity contribution >= 4 is 15.9 Å². The average molecular weight is 324 g/mol. The van der Waals surface area contributed by atoms with Crippen molar-refractivity contribution in [3.05, 3.63) is 29.8 Å². The minimum Gasteiger partial charge on any atom is -0.349 e. The lowest BCUT2D eigenvalue weighted by atomic mass is 9.86. The van der Waals surface area contributed by atoms with Crippen molar-refractivity contribution in [2.24, 2.45) is 5.92 Å². The van der Waals surface area contributed by atoms with Crippen LogP contribution in [0.2, 0.25) is 0 Å². The van der Waals surface area contributed by atoms with Gasteiger partial charge in [0.15, 0.2) is 0 Å². The van der Waals surface area contributed by atoms with Gasteiger partial charge >= 0.3 is 0 Å². The summed E-state index contributed by atoms with van der Waals surface area (Å²) < 4.78 is 25.4. The van der Waals surface area contributed by atoms with Crippen LogP contribution in [0, 0.1) is 5.92 Å². The number of sulfonamides is 1. The van der Waals surface area contributed by atoms with E-state index in [1.807, 2.05) is 0 Å². The van der Waals surface area contributed by atoms with Gasteiger partial charge in [0.05, 0.1) is 4.90 Å². The second-order valence-electron chi connectivity index (χ2n) is 6.16. The minimum atomic E-state index is -3.52. The first-order valence-electron chi connectivity index (χ1n) is 7.66. The molecule has 1 aliphatic rings. The second kappa shape index (κ2) is 6.79. The number of amides is 1. The van der Waals surface area contributed by atoms with Crippen LogP contribution >= 0.6 is 0 Å². The molecule has 0 aliphatic heterocycles. The van der Waals surface area contributed by atoms with Gasteiger partial charge in [0.2, 0.25) is 10.0 Å². The summed E-state index contributed by atoms with van der Waals surface area (Å²) in [7, 11) is -0.568. The van der Waals surface area contributed by atoms with Crippen molar-refractivity contribution in [2.75, 3.05) is 14.1 Å². The number of nitrogens with zero attached hydrogens (tertiary/aromatic N) is 1. The molecule has 0 heterocycles. The van der Waals surface area contributed by atoms with Crippen LogP contribution < -0.4 is 5.32 Å². The quantitative estimate of drug-likeness (QED) is 0.924. The van der Waals surface area contributed by atoms with Gasteiger partial charge in [0, 0.05) is 25.7 Å². The third kappa shape index (κ3) is 3.67. The molecular formula is C16H24N2O3S. The Morgan fingerprint density at radius 1 is 1.23 bits per heavy atom. The molecule has 0 aromatic heterocycles. The maximum absolute atomic E-state index is 12.4. The van der Waals surface area contributed by atoms with Gasteiger partial charge in [-0.1, -0.05) is 25.8 Å². The summed E-state index contributed by atoms with van der Waals surface area (Å²) in [5.41, 5.74) is 0.390. The van der Waals surface area contributed by atoms with Gasteiger partial charge < -0.3 is 5.32 Å². The third-order valence-electron chi connectivity index (χ3n) is 4.30. The van der Waals surface area contributed by atoms with Crippen molar-refractivity contribution in [1.29, 1.82) is 0 Å². The van der Waals surface area contributed by atoms with Crippen molar-refractivity contribution in [2.45, 2.75) is 43.5 Å². The van der Waals surface area contributed by atoms with Crippen molar-refractivity contribution in [1.82, 2.24) is 9.62 Å². The van der Waals surface area contributed by atoms with Crippen molar-refractivity contribution in [3.63, 3.8) is 0 Å². The molecule has 1 aromatic rings. The Morgan fingerprint density at radius 2 is 1.91 bits per heavy atom. The highest BCUT2D eigenvalue weighted by molar-refractivity contribution is 7.89. The molecule has 0 saturated heterocycles. The molecule has 1 saturated carbocycles. The highest BCUT2D eigenvalue weighted by atomic mass is 32.2. The van der Waals surface area contributed by atoms with Crippen LogP contribution in [0.15, 0.2) is 29.2 Å². The summed E-state index contributed by atoms with van der Waals surface area (Å²) >= 11 is 0. The highest BCUT2D eigenvalue weighted by Gasteiger charge is 2.24. The Kier molecular flexibility index (Phi) is 5.24. The summed E-state index contributed by atoms with van der Waals surface area (Å²) in [6.07, 6.45) is 4.46. The van der Waals surface area contributed by atoms with E-state index in [2.05, 4.69) is 12.2 Å². The zero-order chi connectivity index (χ0) is 16.3. The minimum absolute atomic E-state index is 0.141. The van der Waals surface area contributed by atoms with Gasteiger partial charge in [-0.15, -0.1) is 0 Å². The number of carbonyl (C=O) groups excluding carboxylic acids is 1. The molecule has 1 fully saturated rings. The van der Waals surface area contributed by atoms with Gasteiger partial charge in [-0.05, 0) is 37.0 Å². The van der Waals surface area contributed by atoms with E-state index in [1.165, 1.54) is 32.6 Å². The molecule has 122 valence electrons. The summed E-state index contributed by atoms with van der Waals surface area (Å²) in [5, 5.41) is 3.05. The van der Waals surface area contributed by atoms with Crippen LogP contribution in [-0.2, 0) is 10.0 Å². The second-order valence-corrected chi connectivity index (χ2v) is 8.31. The Labute approximate surface area is 132 Å². The molecule has 1 amide bonds. The molecule has 2 atom stereocenters. The first-order valence-corrected chi connectivity index (χ1v) is 9.10. The van der Waals surface area contributed by atoms with Crippen LogP contribution in [-0.4, -0.2) is 38.8 Å². The van der Waals surface area contributed by atoms with Crippen molar-refractivity contribution < 1.29 is 13.2 Å². The van der Waals surface area contributed by atoms with Crippen molar-refractivity contribution in [3.8, 4) is 0 Å². The topological polar surface area (TPSA) is 66.5 Å². The average Bonchev–Trinajstić information content (AvgIpc) is 2.49. The molecule has 0 unspecified atom stereocenters. The molecule has 2 rings (SSSR count). The fraction of sp³-hybridized carbons (Fsp3) is 0.562. The maximum atomic E-state index is 12.4. The molecule has 1 aromatic carbocycles. The Hall–Kier alpha value is -1.40. The fourth-order valence-corrected chi connectivity index (χ4v) is 3.74. The number of carbonyl (C=O) groups is 1. The monoisotopic (exact) mass is 324 g/mol. The smallest absolute Gasteiger partial charge is 0.251 e. The molecule has 0 bridgehead atoms. The van der Waals surface area contributed by atoms with Crippen LogP contribution in [0.3, 0.4) is 0 Å². The lowest BCUT2D eigenvalue weighted by molar-refractivity contribution is 0.0910. The van der Waals surface area contributed by atoms with Gasteiger partial charge in [-0.25, -0.2) is 12.7 Å². The lowest BCUT2D eigenvalue weighted by Crippen LogP contribution is -2.41. The number of hydrogen-bond acceptors (Lipinski definition) is 3. The molecule has 0 radical (unpaired) electrons. The van der Waals surface area contributed by atoms with Gasteiger partial charge in [0.1, 0.15) is 0 Å². The lowest BCUT2D eigenvalue weighted by Gasteiger charge is -2.29. The molecular weight excluding hydrogens is 300 g/mol. The van der Waals surface area contributed by atoms with Crippen LogP contribution in [0.4, 0.5) is 0 Å². The molecule has 1 aliphatic carbocycles. The summed E-state index contributed by atoms with van der Waals surface area (Å²) in [5.74, 6) is 0.265. The molecule has 0 spiro atoms. The largest absolute Gasteiger partial charge is 0.349 e. The van der Waals surface area contributed by atoms with E-state index in [4.69, 9.17) is 0 Å². The highest BCUT2D eigenvalue weighted by Crippen LogP contribution is 2.24. The van der Waals surface area contributed by atoms with E-state index < -0.39 is 10.0 Å². The van der Waals surface area contributed by atoms with Gasteiger partial charge in [-0.3, -0.25) is 4.79 Å². The zero-order valence-electron chi connectivity index (χ0n) is 13.4. The predicted molar refractivity (Wildman–Crippen MR) is 86.2 cm³/mol. The fourth-order valence-electron chi connectivity index (χ4n) is 2.79. The SMILES string of the molecule is C[C@@H]1CCCC[C@@H]1NC(=O)c1cccc(S(=O)(=O)N(C)C)c1. The van der Waals surface area contributed by atoms with Crippen LogP contribution in [0.25, 0.3) is 0 Å². The molecule has 22 heavy (non-hydrogen) atoms. The molecule has 6 heteroatoms. The standard InChI is InChI=1S/C16H24N2O3S/c1-12-7-4-5-10-15(12)17-16(19)13-8-6-9-14(11-13)22(20,21)18(2)3/h6,8-9,11-12,15H,4-5,7,10H2,1-3H3,(H,17,19)/t12-,15+/m1/s1. The molecule has 5 nitrogen and oxygen atoms in total. The van der Waals surface area contributed by atoms with E-state index in [0.29, 0.717) is 11.5 Å². The van der Waals surface area contributed by atoms with Crippen LogP contribution in [0.5, 0.6) is 0 Å². The summed E-state index contributed by atoms with van der Waals surface area (Å²) in [6.45, 7) is 2.15. The summed E-state index contributed by atoms with van der Waals surface area (Å²) in [4.78, 5) is 12.5. The van der Waals surface area contributed by atoms with E-state index in [9.17, 15) is 13.2 Å². The van der Waals surface area contributed by atoms with E-state index in [0.717, 1.165) is 23.6 Å². The van der Waals surface area contributed by atoms with E-state index in [1.54, 1.807) is 12.1 Å². The number of nitrogens with one attached hydrogen (secondary N) is 1. The van der Waals surface area contributed by atoms with E-state index in [-0.39, 0.29) is 16.8 Å². The number of benzene rings is 1. The Balaban J connectivity index is 2.17.